The van der Waals surface area contributed by atoms with E-state index in [-0.39, 0.29) is 18.2 Å². The van der Waals surface area contributed by atoms with Crippen LogP contribution in [-0.4, -0.2) is 18.4 Å². The smallest absolute Gasteiger partial charge is 0.251 e. The molecule has 0 spiro atoms. The molecule has 0 radical (unpaired) electrons. The first-order valence-electron chi connectivity index (χ1n) is 10.6. The number of carbonyl (C=O) groups is 2. The van der Waals surface area contributed by atoms with Crippen LogP contribution in [0.5, 0.6) is 0 Å². The van der Waals surface area contributed by atoms with Crippen molar-refractivity contribution in [2.24, 2.45) is 0 Å². The molecule has 3 rings (SSSR count). The standard InChI is InChI=1S/C28H28N2O2/c1-3-18-29-27(31)20-24-12-15-26(16-13-24)30(21-25-11-7-8-22(2)19-25)28(32)17-14-23-9-5-4-6-10-23/h3-17,19H,1,18,20-21H2,2H3,(H,29,31)/b17-14+. The topological polar surface area (TPSA) is 49.4 Å². The minimum absolute atomic E-state index is 0.0591. The minimum atomic E-state index is -0.105. The maximum Gasteiger partial charge on any atom is 0.251 e. The second kappa shape index (κ2) is 11.5. The Morgan fingerprint density at radius 3 is 2.38 bits per heavy atom. The van der Waals surface area contributed by atoms with Gasteiger partial charge in [-0.3, -0.25) is 9.59 Å². The number of nitrogens with one attached hydrogen (secondary N) is 1. The van der Waals surface area contributed by atoms with E-state index in [1.165, 1.54) is 0 Å². The van der Waals surface area contributed by atoms with E-state index in [2.05, 4.69) is 18.0 Å². The van der Waals surface area contributed by atoms with Crippen molar-refractivity contribution in [2.45, 2.75) is 19.9 Å². The van der Waals surface area contributed by atoms with Crippen molar-refractivity contribution in [3.8, 4) is 0 Å². The molecule has 3 aromatic rings. The van der Waals surface area contributed by atoms with Gasteiger partial charge >= 0.3 is 0 Å². The van der Waals surface area contributed by atoms with Gasteiger partial charge in [0.15, 0.2) is 0 Å². The summed E-state index contributed by atoms with van der Waals surface area (Å²) in [6.45, 7) is 6.55. The second-order valence-electron chi connectivity index (χ2n) is 7.59. The summed E-state index contributed by atoms with van der Waals surface area (Å²) < 4.78 is 0. The molecule has 0 saturated carbocycles. The summed E-state index contributed by atoms with van der Waals surface area (Å²) >= 11 is 0. The van der Waals surface area contributed by atoms with E-state index < -0.39 is 0 Å². The number of aryl methyl sites for hydroxylation is 1. The summed E-state index contributed by atoms with van der Waals surface area (Å²) in [4.78, 5) is 26.9. The predicted molar refractivity (Wildman–Crippen MR) is 131 cm³/mol. The van der Waals surface area contributed by atoms with Crippen LogP contribution in [-0.2, 0) is 22.6 Å². The number of anilines is 1. The average molecular weight is 425 g/mol. The Kier molecular flexibility index (Phi) is 8.15. The van der Waals surface area contributed by atoms with Gasteiger partial charge in [0, 0.05) is 18.3 Å². The summed E-state index contributed by atoms with van der Waals surface area (Å²) in [5.41, 5.74) is 4.84. The number of amides is 2. The van der Waals surface area contributed by atoms with E-state index in [1.54, 1.807) is 17.1 Å². The summed E-state index contributed by atoms with van der Waals surface area (Å²) in [6, 6.07) is 25.4. The van der Waals surface area contributed by atoms with Crippen LogP contribution in [0.25, 0.3) is 6.08 Å². The lowest BCUT2D eigenvalue weighted by Gasteiger charge is -2.22. The summed E-state index contributed by atoms with van der Waals surface area (Å²) in [5, 5.41) is 2.78. The molecule has 0 saturated heterocycles. The van der Waals surface area contributed by atoms with Crippen LogP contribution in [0.4, 0.5) is 5.69 Å². The Hall–Kier alpha value is -3.92. The third-order valence-corrected chi connectivity index (χ3v) is 4.96. The third-order valence-electron chi connectivity index (χ3n) is 4.96. The molecule has 32 heavy (non-hydrogen) atoms. The lowest BCUT2D eigenvalue weighted by molar-refractivity contribution is -0.120. The molecule has 3 aromatic carbocycles. The highest BCUT2D eigenvalue weighted by atomic mass is 16.2. The Bertz CT molecular complexity index is 1090. The summed E-state index contributed by atoms with van der Waals surface area (Å²) in [6.07, 6.45) is 5.36. The van der Waals surface area contributed by atoms with E-state index >= 15 is 0 Å². The molecule has 4 heteroatoms. The number of rotatable bonds is 9. The molecule has 0 heterocycles. The molecule has 0 aliphatic heterocycles. The van der Waals surface area contributed by atoms with Gasteiger partial charge in [0.05, 0.1) is 13.0 Å². The first-order valence-corrected chi connectivity index (χ1v) is 10.6. The molecule has 2 amide bonds. The van der Waals surface area contributed by atoms with Crippen LogP contribution < -0.4 is 10.2 Å². The molecule has 0 bridgehead atoms. The zero-order valence-electron chi connectivity index (χ0n) is 18.3. The fourth-order valence-corrected chi connectivity index (χ4v) is 3.34. The van der Waals surface area contributed by atoms with Crippen LogP contribution in [0, 0.1) is 6.92 Å². The molecule has 4 nitrogen and oxygen atoms in total. The predicted octanol–water partition coefficient (Wildman–Crippen LogP) is 5.09. The van der Waals surface area contributed by atoms with Crippen molar-refractivity contribution < 1.29 is 9.59 Å². The van der Waals surface area contributed by atoms with Crippen LogP contribution in [0.3, 0.4) is 0 Å². The molecule has 162 valence electrons. The lowest BCUT2D eigenvalue weighted by Crippen LogP contribution is -2.29. The van der Waals surface area contributed by atoms with Crippen LogP contribution in [0.2, 0.25) is 0 Å². The van der Waals surface area contributed by atoms with Gasteiger partial charge in [0.2, 0.25) is 5.91 Å². The molecular weight excluding hydrogens is 396 g/mol. The van der Waals surface area contributed by atoms with Crippen molar-refractivity contribution in [3.05, 3.63) is 120 Å². The molecular formula is C28H28N2O2. The largest absolute Gasteiger partial charge is 0.352 e. The van der Waals surface area contributed by atoms with Crippen LogP contribution in [0.1, 0.15) is 22.3 Å². The number of hydrogen-bond donors (Lipinski definition) is 1. The van der Waals surface area contributed by atoms with Gasteiger partial charge in [0.1, 0.15) is 0 Å². The number of benzene rings is 3. The highest BCUT2D eigenvalue weighted by molar-refractivity contribution is 6.03. The van der Waals surface area contributed by atoms with Crippen molar-refractivity contribution in [1.82, 2.24) is 5.32 Å². The van der Waals surface area contributed by atoms with E-state index in [9.17, 15) is 9.59 Å². The average Bonchev–Trinajstić information content (AvgIpc) is 2.81. The first kappa shape index (κ1) is 22.8. The maximum atomic E-state index is 13.2. The van der Waals surface area contributed by atoms with E-state index in [0.717, 1.165) is 27.9 Å². The minimum Gasteiger partial charge on any atom is -0.352 e. The fourth-order valence-electron chi connectivity index (χ4n) is 3.34. The molecule has 1 N–H and O–H groups in total. The van der Waals surface area contributed by atoms with Gasteiger partial charge in [-0.1, -0.05) is 78.4 Å². The van der Waals surface area contributed by atoms with Crippen molar-refractivity contribution in [3.63, 3.8) is 0 Å². The number of hydrogen-bond acceptors (Lipinski definition) is 2. The van der Waals surface area contributed by atoms with Crippen molar-refractivity contribution in [2.75, 3.05) is 11.4 Å². The van der Waals surface area contributed by atoms with Crippen LogP contribution in [0.15, 0.2) is 97.6 Å². The SMILES string of the molecule is C=CCNC(=O)Cc1ccc(N(Cc2cccc(C)c2)C(=O)/C=C/c2ccccc2)cc1. The normalized spacial score (nSPS) is 10.7. The van der Waals surface area contributed by atoms with Gasteiger partial charge in [-0.25, -0.2) is 0 Å². The zero-order valence-corrected chi connectivity index (χ0v) is 18.3. The quantitative estimate of drug-likeness (QED) is 0.384. The molecule has 0 fully saturated rings. The highest BCUT2D eigenvalue weighted by Crippen LogP contribution is 2.20. The maximum absolute atomic E-state index is 13.2. The fraction of sp³-hybridized carbons (Fsp3) is 0.143. The Morgan fingerprint density at radius 2 is 1.69 bits per heavy atom. The lowest BCUT2D eigenvalue weighted by atomic mass is 10.1. The summed E-state index contributed by atoms with van der Waals surface area (Å²) in [7, 11) is 0. The first-order chi connectivity index (χ1) is 15.5. The Morgan fingerprint density at radius 1 is 0.938 bits per heavy atom. The van der Waals surface area contributed by atoms with E-state index in [0.29, 0.717) is 13.1 Å². The monoisotopic (exact) mass is 424 g/mol. The van der Waals surface area contributed by atoms with Gasteiger partial charge in [-0.2, -0.15) is 0 Å². The van der Waals surface area contributed by atoms with E-state index in [4.69, 9.17) is 0 Å². The molecule has 0 aliphatic carbocycles. The Balaban J connectivity index is 1.81. The molecule has 0 atom stereocenters. The van der Waals surface area contributed by atoms with Crippen LogP contribution >= 0.6 is 0 Å². The number of nitrogens with zero attached hydrogens (tertiary/aromatic N) is 1. The second-order valence-corrected chi connectivity index (χ2v) is 7.59. The van der Waals surface area contributed by atoms with Gasteiger partial charge in [0.25, 0.3) is 5.91 Å². The molecule has 0 unspecified atom stereocenters. The molecule has 0 aliphatic rings. The summed E-state index contributed by atoms with van der Waals surface area (Å²) in [5.74, 6) is -0.164. The third kappa shape index (κ3) is 6.81. The van der Waals surface area contributed by atoms with Crippen molar-refractivity contribution >= 4 is 23.6 Å². The highest BCUT2D eigenvalue weighted by Gasteiger charge is 2.15. The molecule has 0 aromatic heterocycles. The van der Waals surface area contributed by atoms with E-state index in [1.807, 2.05) is 85.8 Å². The van der Waals surface area contributed by atoms with Gasteiger partial charge < -0.3 is 10.2 Å². The number of carbonyl (C=O) groups excluding carboxylic acids is 2. The van der Waals surface area contributed by atoms with Gasteiger partial charge in [-0.15, -0.1) is 6.58 Å². The zero-order chi connectivity index (χ0) is 22.8. The van der Waals surface area contributed by atoms with Crippen molar-refractivity contribution in [1.29, 1.82) is 0 Å². The van der Waals surface area contributed by atoms with Gasteiger partial charge in [-0.05, 0) is 41.8 Å². The Labute approximate surface area is 189 Å².